The van der Waals surface area contributed by atoms with E-state index >= 15 is 0 Å². The maximum Gasteiger partial charge on any atom is 0.151 e. The molecule has 19 heavy (non-hydrogen) atoms. The van der Waals surface area contributed by atoms with Crippen molar-refractivity contribution in [3.63, 3.8) is 0 Å². The smallest absolute Gasteiger partial charge is 0.151 e. The molecule has 0 unspecified atom stereocenters. The normalized spacial score (nSPS) is 10.9. The molecule has 1 aromatic heterocycles. The highest BCUT2D eigenvalue weighted by Gasteiger charge is 2.14. The van der Waals surface area contributed by atoms with E-state index in [0.717, 1.165) is 30.9 Å². The summed E-state index contributed by atoms with van der Waals surface area (Å²) in [6.45, 7) is 4.01. The highest BCUT2D eigenvalue weighted by molar-refractivity contribution is 9.10. The predicted octanol–water partition coefficient (Wildman–Crippen LogP) is 3.65. The molecule has 0 atom stereocenters. The van der Waals surface area contributed by atoms with E-state index in [1.807, 2.05) is 6.07 Å². The van der Waals surface area contributed by atoms with Crippen LogP contribution in [0.15, 0.2) is 22.7 Å². The molecule has 102 valence electrons. The molecule has 0 aliphatic carbocycles. The minimum atomic E-state index is -0.277. The minimum absolute atomic E-state index is 0.277. The first-order valence-electron chi connectivity index (χ1n) is 6.20. The van der Waals surface area contributed by atoms with Gasteiger partial charge in [0.25, 0.3) is 0 Å². The van der Waals surface area contributed by atoms with Crippen molar-refractivity contribution < 1.29 is 4.39 Å². The zero-order valence-corrected chi connectivity index (χ0v) is 13.0. The zero-order valence-electron chi connectivity index (χ0n) is 10.6. The Balaban J connectivity index is 2.08. The van der Waals surface area contributed by atoms with Gasteiger partial charge in [0, 0.05) is 17.4 Å². The molecule has 1 N–H and O–H groups in total. The Labute approximate surface area is 124 Å². The lowest BCUT2D eigenvalue weighted by molar-refractivity contribution is 0.630. The van der Waals surface area contributed by atoms with Gasteiger partial charge >= 0.3 is 0 Å². The fourth-order valence-corrected chi connectivity index (χ4v) is 3.22. The third-order valence-corrected chi connectivity index (χ3v) is 4.25. The summed E-state index contributed by atoms with van der Waals surface area (Å²) in [5.41, 5.74) is 0.493. The molecule has 0 saturated carbocycles. The Bertz CT molecular complexity index is 524. The van der Waals surface area contributed by atoms with Gasteiger partial charge in [-0.15, -0.1) is 10.2 Å². The molecule has 0 fully saturated rings. The summed E-state index contributed by atoms with van der Waals surface area (Å²) in [5.74, 6) is -0.277. The van der Waals surface area contributed by atoms with Crippen molar-refractivity contribution in [2.75, 3.05) is 13.1 Å². The van der Waals surface area contributed by atoms with E-state index in [0.29, 0.717) is 15.0 Å². The average Bonchev–Trinajstić information content (AvgIpc) is 2.83. The zero-order chi connectivity index (χ0) is 13.7. The molecule has 0 spiro atoms. The fraction of sp³-hybridized carbons (Fsp3) is 0.385. The van der Waals surface area contributed by atoms with Gasteiger partial charge in [0.15, 0.2) is 5.01 Å². The van der Waals surface area contributed by atoms with Crippen LogP contribution in [-0.4, -0.2) is 23.3 Å². The topological polar surface area (TPSA) is 37.8 Å². The average molecular weight is 344 g/mol. The van der Waals surface area contributed by atoms with Crippen LogP contribution in [0.2, 0.25) is 0 Å². The third kappa shape index (κ3) is 3.81. The standard InChI is InChI=1S/C13H15BrFN3S/c1-2-7-16-8-6-11-17-18-13(19-11)12-9(14)4-3-5-10(12)15/h3-5,16H,2,6-8H2,1H3. The first-order valence-corrected chi connectivity index (χ1v) is 7.80. The van der Waals surface area contributed by atoms with Crippen molar-refractivity contribution >= 4 is 27.3 Å². The van der Waals surface area contributed by atoms with Crippen molar-refractivity contribution in [3.8, 4) is 10.6 Å². The molecule has 0 saturated heterocycles. The van der Waals surface area contributed by atoms with Crippen LogP contribution in [0.1, 0.15) is 18.4 Å². The first-order chi connectivity index (χ1) is 9.22. The van der Waals surface area contributed by atoms with Gasteiger partial charge in [0.05, 0.1) is 5.56 Å². The lowest BCUT2D eigenvalue weighted by Gasteiger charge is -2.01. The Morgan fingerprint density at radius 1 is 1.32 bits per heavy atom. The van der Waals surface area contributed by atoms with Gasteiger partial charge in [0.2, 0.25) is 0 Å². The molecule has 0 aliphatic heterocycles. The molecule has 0 amide bonds. The summed E-state index contributed by atoms with van der Waals surface area (Å²) >= 11 is 4.79. The van der Waals surface area contributed by atoms with Gasteiger partial charge in [-0.2, -0.15) is 0 Å². The van der Waals surface area contributed by atoms with Crippen molar-refractivity contribution in [1.82, 2.24) is 15.5 Å². The van der Waals surface area contributed by atoms with Crippen molar-refractivity contribution in [1.29, 1.82) is 0 Å². The second-order valence-electron chi connectivity index (χ2n) is 4.10. The summed E-state index contributed by atoms with van der Waals surface area (Å²) in [6.07, 6.45) is 1.94. The Kier molecular flexibility index (Phi) is 5.42. The number of hydrogen-bond acceptors (Lipinski definition) is 4. The fourth-order valence-electron chi connectivity index (χ4n) is 1.65. The molecule has 0 aliphatic rings. The SMILES string of the molecule is CCCNCCc1nnc(-c2c(F)cccc2Br)s1. The van der Waals surface area contributed by atoms with E-state index in [1.54, 1.807) is 6.07 Å². The maximum atomic E-state index is 13.8. The van der Waals surface area contributed by atoms with Crippen LogP contribution in [0.25, 0.3) is 10.6 Å². The molecule has 2 aromatic rings. The summed E-state index contributed by atoms with van der Waals surface area (Å²) in [4.78, 5) is 0. The van der Waals surface area contributed by atoms with Crippen molar-refractivity contribution in [2.24, 2.45) is 0 Å². The molecular weight excluding hydrogens is 329 g/mol. The van der Waals surface area contributed by atoms with Gasteiger partial charge in [-0.1, -0.05) is 24.3 Å². The number of aromatic nitrogens is 2. The van der Waals surface area contributed by atoms with E-state index < -0.39 is 0 Å². The summed E-state index contributed by atoms with van der Waals surface area (Å²) in [7, 11) is 0. The quantitative estimate of drug-likeness (QED) is 0.813. The predicted molar refractivity (Wildman–Crippen MR) is 79.9 cm³/mol. The molecule has 6 heteroatoms. The van der Waals surface area contributed by atoms with Gasteiger partial charge in [-0.05, 0) is 41.0 Å². The number of rotatable bonds is 6. The monoisotopic (exact) mass is 343 g/mol. The molecule has 1 heterocycles. The van der Waals surface area contributed by atoms with Gasteiger partial charge in [-0.25, -0.2) is 4.39 Å². The van der Waals surface area contributed by atoms with Crippen LogP contribution < -0.4 is 5.32 Å². The van der Waals surface area contributed by atoms with Gasteiger partial charge < -0.3 is 5.32 Å². The number of nitrogens with one attached hydrogen (secondary N) is 1. The summed E-state index contributed by atoms with van der Waals surface area (Å²) < 4.78 is 14.5. The van der Waals surface area contributed by atoms with Crippen LogP contribution in [0, 0.1) is 5.82 Å². The Morgan fingerprint density at radius 2 is 2.16 bits per heavy atom. The van der Waals surface area contributed by atoms with E-state index in [2.05, 4.69) is 38.4 Å². The minimum Gasteiger partial charge on any atom is -0.316 e. The summed E-state index contributed by atoms with van der Waals surface area (Å²) in [5, 5.41) is 13.0. The second kappa shape index (κ2) is 7.07. The van der Waals surface area contributed by atoms with Crippen molar-refractivity contribution in [2.45, 2.75) is 19.8 Å². The number of benzene rings is 1. The molecular formula is C13H15BrFN3S. The molecule has 0 bridgehead atoms. The highest BCUT2D eigenvalue weighted by atomic mass is 79.9. The van der Waals surface area contributed by atoms with Gasteiger partial charge in [-0.3, -0.25) is 0 Å². The molecule has 3 nitrogen and oxygen atoms in total. The number of halogens is 2. The molecule has 2 rings (SSSR count). The lowest BCUT2D eigenvalue weighted by atomic mass is 10.2. The highest BCUT2D eigenvalue weighted by Crippen LogP contribution is 2.32. The van der Waals surface area contributed by atoms with Crippen LogP contribution in [-0.2, 0) is 6.42 Å². The van der Waals surface area contributed by atoms with E-state index in [1.165, 1.54) is 17.4 Å². The number of hydrogen-bond donors (Lipinski definition) is 1. The molecule has 1 aromatic carbocycles. The largest absolute Gasteiger partial charge is 0.316 e. The first kappa shape index (κ1) is 14.6. The Morgan fingerprint density at radius 3 is 2.89 bits per heavy atom. The second-order valence-corrected chi connectivity index (χ2v) is 6.01. The summed E-state index contributed by atoms with van der Waals surface area (Å²) in [6, 6.07) is 4.91. The van der Waals surface area contributed by atoms with E-state index in [-0.39, 0.29) is 5.82 Å². The lowest BCUT2D eigenvalue weighted by Crippen LogP contribution is -2.17. The van der Waals surface area contributed by atoms with Crippen LogP contribution in [0.5, 0.6) is 0 Å². The van der Waals surface area contributed by atoms with Crippen molar-refractivity contribution in [3.05, 3.63) is 33.5 Å². The van der Waals surface area contributed by atoms with E-state index in [9.17, 15) is 4.39 Å². The maximum absolute atomic E-state index is 13.8. The van der Waals surface area contributed by atoms with Crippen LogP contribution in [0.3, 0.4) is 0 Å². The van der Waals surface area contributed by atoms with Crippen LogP contribution in [0.4, 0.5) is 4.39 Å². The Hall–Kier alpha value is -0.850. The van der Waals surface area contributed by atoms with Gasteiger partial charge in [0.1, 0.15) is 10.8 Å². The third-order valence-electron chi connectivity index (χ3n) is 2.59. The van der Waals surface area contributed by atoms with E-state index in [4.69, 9.17) is 0 Å². The van der Waals surface area contributed by atoms with Crippen LogP contribution >= 0.6 is 27.3 Å². The molecule has 0 radical (unpaired) electrons. The number of nitrogens with zero attached hydrogens (tertiary/aromatic N) is 2.